The average molecular weight is 1040 g/mol. The summed E-state index contributed by atoms with van der Waals surface area (Å²) < 4.78 is 33.7. The molecule has 414 valence electrons. The minimum atomic E-state index is -0.737. The van der Waals surface area contributed by atoms with Gasteiger partial charge in [-0.15, -0.1) is 11.8 Å². The van der Waals surface area contributed by atoms with Crippen molar-refractivity contribution in [3.8, 4) is 0 Å². The molecule has 0 radical (unpaired) electrons. The number of thioether (sulfide) groups is 1. The Hall–Kier alpha value is -3.51. The first-order valence-electron chi connectivity index (χ1n) is 28.7. The highest BCUT2D eigenvalue weighted by Crippen LogP contribution is 2.32. The van der Waals surface area contributed by atoms with E-state index in [0.717, 1.165) is 32.1 Å². The van der Waals surface area contributed by atoms with Crippen LogP contribution in [0, 0.1) is 6.92 Å². The molecule has 73 heavy (non-hydrogen) atoms. The summed E-state index contributed by atoms with van der Waals surface area (Å²) in [6.45, 7) is 7.45. The number of H-pyrrole nitrogens is 1. The number of azide groups is 1. The molecule has 2 saturated heterocycles. The summed E-state index contributed by atoms with van der Waals surface area (Å²) in [5.74, 6) is 0.637. The molecular formula is C55H94N8O9S. The Balaban J connectivity index is 1.15. The molecule has 6 atom stereocenters. The van der Waals surface area contributed by atoms with Gasteiger partial charge in [0, 0.05) is 48.1 Å². The summed E-state index contributed by atoms with van der Waals surface area (Å²) in [7, 11) is 0. The number of amides is 1. The lowest BCUT2D eigenvalue weighted by molar-refractivity contribution is -0.116. The third kappa shape index (κ3) is 26.2. The molecule has 2 aromatic heterocycles. The number of rotatable bonds is 44. The number of carbonyl (C=O) groups is 1. The van der Waals surface area contributed by atoms with Gasteiger partial charge in [0.15, 0.2) is 0 Å². The van der Waals surface area contributed by atoms with Gasteiger partial charge in [-0.25, -0.2) is 9.59 Å². The van der Waals surface area contributed by atoms with Crippen LogP contribution in [-0.4, -0.2) is 87.5 Å². The van der Waals surface area contributed by atoms with Gasteiger partial charge < -0.3 is 29.0 Å². The molecule has 1 amide bonds. The Morgan fingerprint density at radius 2 is 1.30 bits per heavy atom. The maximum Gasteiger partial charge on any atom is 0.351 e. The average Bonchev–Trinajstić information content (AvgIpc) is 4.01. The second kappa shape index (κ2) is 39.0. The van der Waals surface area contributed by atoms with E-state index >= 15 is 0 Å². The van der Waals surface area contributed by atoms with Gasteiger partial charge in [0.05, 0.1) is 38.6 Å². The van der Waals surface area contributed by atoms with Crippen molar-refractivity contribution in [1.82, 2.24) is 19.1 Å². The molecule has 0 saturated carbocycles. The van der Waals surface area contributed by atoms with Crippen LogP contribution in [0.5, 0.6) is 0 Å². The van der Waals surface area contributed by atoms with E-state index in [-0.39, 0.29) is 50.0 Å². The second-order valence-corrected chi connectivity index (χ2v) is 21.6. The van der Waals surface area contributed by atoms with Crippen LogP contribution >= 0.6 is 11.8 Å². The van der Waals surface area contributed by atoms with Gasteiger partial charge in [-0.05, 0) is 31.4 Å². The number of aryl methyl sites for hydroxylation is 1. The maximum absolute atomic E-state index is 13.1. The van der Waals surface area contributed by atoms with Crippen LogP contribution in [-0.2, 0) is 28.5 Å². The minimum Gasteiger partial charge on any atom is -0.376 e. The van der Waals surface area contributed by atoms with Gasteiger partial charge in [0.1, 0.15) is 29.8 Å². The van der Waals surface area contributed by atoms with Crippen molar-refractivity contribution in [3.63, 3.8) is 0 Å². The number of unbranched alkanes of at least 4 members (excludes halogenated alkanes) is 27. The van der Waals surface area contributed by atoms with Crippen LogP contribution in [0.2, 0.25) is 0 Å². The molecule has 2 aliphatic heterocycles. The van der Waals surface area contributed by atoms with Crippen molar-refractivity contribution >= 4 is 23.5 Å². The van der Waals surface area contributed by atoms with E-state index in [1.165, 1.54) is 169 Å². The number of anilines is 1. The summed E-state index contributed by atoms with van der Waals surface area (Å²) in [4.78, 5) is 59.7. The van der Waals surface area contributed by atoms with Crippen LogP contribution in [0.3, 0.4) is 0 Å². The van der Waals surface area contributed by atoms with Gasteiger partial charge in [-0.1, -0.05) is 192 Å². The first kappa shape index (κ1) is 62.0. The van der Waals surface area contributed by atoms with Crippen LogP contribution in [0.25, 0.3) is 10.4 Å². The Kier molecular flexibility index (Phi) is 33.1. The van der Waals surface area contributed by atoms with Crippen LogP contribution in [0.1, 0.15) is 231 Å². The van der Waals surface area contributed by atoms with E-state index in [0.29, 0.717) is 24.3 Å². The molecule has 0 bridgehead atoms. The third-order valence-corrected chi connectivity index (χ3v) is 15.1. The number of carbonyl (C=O) groups excluding carboxylic acids is 1. The highest BCUT2D eigenvalue weighted by atomic mass is 32.2. The van der Waals surface area contributed by atoms with Crippen LogP contribution < -0.4 is 22.3 Å². The summed E-state index contributed by atoms with van der Waals surface area (Å²) in [5, 5.41) is 6.71. The quantitative estimate of drug-likeness (QED) is 0.0276. The topological polar surface area (TPSA) is 214 Å². The number of nitrogens with zero attached hydrogens (tertiary/aromatic N) is 6. The Labute approximate surface area is 440 Å². The lowest BCUT2D eigenvalue weighted by atomic mass is 10.0. The first-order valence-corrected chi connectivity index (χ1v) is 29.7. The second-order valence-electron chi connectivity index (χ2n) is 20.4. The van der Waals surface area contributed by atoms with Crippen molar-refractivity contribution in [2.45, 2.75) is 256 Å². The predicted molar refractivity (Wildman–Crippen MR) is 292 cm³/mol. The molecule has 0 spiro atoms. The van der Waals surface area contributed by atoms with Gasteiger partial charge in [-0.2, -0.15) is 4.98 Å². The highest BCUT2D eigenvalue weighted by Gasteiger charge is 2.37. The summed E-state index contributed by atoms with van der Waals surface area (Å²) in [5.41, 5.74) is 7.76. The van der Waals surface area contributed by atoms with Gasteiger partial charge in [0.2, 0.25) is 5.91 Å². The normalized spacial score (nSPS) is 19.1. The van der Waals surface area contributed by atoms with Gasteiger partial charge in [0.25, 0.3) is 5.56 Å². The fourth-order valence-corrected chi connectivity index (χ4v) is 10.6. The molecule has 0 aromatic carbocycles. The van der Waals surface area contributed by atoms with E-state index in [4.69, 9.17) is 23.7 Å². The summed E-state index contributed by atoms with van der Waals surface area (Å²) in [6, 6.07) is 1.05. The molecule has 18 heteroatoms. The zero-order valence-electron chi connectivity index (χ0n) is 45.1. The molecule has 17 nitrogen and oxygen atoms in total. The highest BCUT2D eigenvalue weighted by molar-refractivity contribution is 8.00. The minimum absolute atomic E-state index is 0.0875. The lowest BCUT2D eigenvalue weighted by Gasteiger charge is -2.22. The van der Waals surface area contributed by atoms with Crippen molar-refractivity contribution in [3.05, 3.63) is 65.8 Å². The molecule has 1 unspecified atom stereocenters. The van der Waals surface area contributed by atoms with Crippen molar-refractivity contribution in [1.29, 1.82) is 0 Å². The molecular weight excluding hydrogens is 949 g/mol. The molecule has 2 aliphatic rings. The summed E-state index contributed by atoms with van der Waals surface area (Å²) in [6.07, 6.45) is 38.2. The number of ether oxygens (including phenoxy) is 5. The number of aromatic nitrogens is 4. The molecule has 4 rings (SSSR count). The molecule has 0 aliphatic carbocycles. The Morgan fingerprint density at radius 1 is 0.767 bits per heavy atom. The number of hydrogen-bond acceptors (Lipinski definition) is 12. The zero-order chi connectivity index (χ0) is 52.1. The molecule has 2 fully saturated rings. The number of hydrogen-bond donors (Lipinski definition) is 2. The standard InChI is InChI=1S/C55H94N8O9S/c1-4-6-8-10-12-14-16-18-19-20-22-24-26-28-30-32-36-70-45(39-68-41-47-46(60-61-56)37-50(71-47)63-38-44(3)53(65)59-55(63)67)40-69-42-52-72-51(43-73-52)62-35-34-48(58-54(62)66)57-49(64)33-31-29-27-25-23-21-17-15-13-11-9-7-5-2/h34-35,38,45-47,50-52H,4-33,36-37,39-43H2,1-3H3,(H,59,65,67)(H,57,58,64,66)/t45?,46-,47+,50+,51+,52-/m0/s1. The zero-order valence-corrected chi connectivity index (χ0v) is 45.9. The molecule has 2 N–H and O–H groups in total. The monoisotopic (exact) mass is 1040 g/mol. The first-order chi connectivity index (χ1) is 35.7. The van der Waals surface area contributed by atoms with E-state index in [1.807, 2.05) is 0 Å². The Bertz CT molecular complexity index is 2010. The number of nitrogens with one attached hydrogen (secondary N) is 2. The predicted octanol–water partition coefficient (Wildman–Crippen LogP) is 12.8. The molecule has 2 aromatic rings. The van der Waals surface area contributed by atoms with E-state index in [2.05, 4.69) is 39.2 Å². The number of aromatic amines is 1. The molecule has 4 heterocycles. The van der Waals surface area contributed by atoms with E-state index in [9.17, 15) is 24.7 Å². The van der Waals surface area contributed by atoms with Gasteiger partial charge >= 0.3 is 11.4 Å². The smallest absolute Gasteiger partial charge is 0.351 e. The van der Waals surface area contributed by atoms with E-state index in [1.54, 1.807) is 30.9 Å². The van der Waals surface area contributed by atoms with Crippen molar-refractivity contribution < 1.29 is 28.5 Å². The fourth-order valence-electron chi connectivity index (χ4n) is 9.57. The van der Waals surface area contributed by atoms with Crippen LogP contribution in [0.15, 0.2) is 38.0 Å². The van der Waals surface area contributed by atoms with Crippen molar-refractivity contribution in [2.24, 2.45) is 5.11 Å². The fraction of sp³-hybridized carbons (Fsp3) is 0.836. The Morgan fingerprint density at radius 3 is 1.85 bits per heavy atom. The largest absolute Gasteiger partial charge is 0.376 e. The van der Waals surface area contributed by atoms with Crippen LogP contribution in [0.4, 0.5) is 5.82 Å². The maximum atomic E-state index is 13.1. The third-order valence-electron chi connectivity index (χ3n) is 14.0. The summed E-state index contributed by atoms with van der Waals surface area (Å²) >= 11 is 1.55. The van der Waals surface area contributed by atoms with Crippen molar-refractivity contribution in [2.75, 3.05) is 44.1 Å². The van der Waals surface area contributed by atoms with E-state index < -0.39 is 47.6 Å². The lowest BCUT2D eigenvalue weighted by Crippen LogP contribution is -2.34. The SMILES string of the molecule is CCCCCCCCCCCCCCCCCCOC(COC[C@H]1O[C@@H](n2ccc(NC(=O)CCCCCCCCCCCCCCC)nc2=O)CS1)COC[C@H]1O[C@@H](n2cc(C)c(=O)[nH]c2=O)C[C@@H]1N=[N+]=[N-]. The van der Waals surface area contributed by atoms with Gasteiger partial charge in [-0.3, -0.25) is 23.7 Å².